The van der Waals surface area contributed by atoms with Crippen LogP contribution in [-0.2, 0) is 220 Å². The molecular formula is C38H36N8O9S19. The van der Waals surface area contributed by atoms with Crippen LogP contribution in [0.25, 0.3) is 33.1 Å². The number of amides is 1. The van der Waals surface area contributed by atoms with Gasteiger partial charge in [-0.15, -0.1) is 0 Å². The van der Waals surface area contributed by atoms with E-state index in [1.807, 2.05) is 48.5 Å². The van der Waals surface area contributed by atoms with Gasteiger partial charge in [-0.25, -0.2) is 5.48 Å². The van der Waals surface area contributed by atoms with Gasteiger partial charge in [0.2, 0.25) is 5.91 Å². The summed E-state index contributed by atoms with van der Waals surface area (Å²) in [7, 11) is 29.0. The molecule has 1 aliphatic heterocycles. The molecule has 74 heavy (non-hydrogen) atoms. The molecule has 5 N–H and O–H groups in total. The van der Waals surface area contributed by atoms with Crippen molar-refractivity contribution in [2.75, 3.05) is 5.73 Å². The van der Waals surface area contributed by atoms with Gasteiger partial charge in [0.1, 0.15) is 11.6 Å². The lowest BCUT2D eigenvalue weighted by Gasteiger charge is -2.02. The van der Waals surface area contributed by atoms with E-state index in [0.717, 1.165) is 49.9 Å². The fourth-order valence-corrected chi connectivity index (χ4v) is 46.2. The monoisotopic (exact) mass is 1360 g/mol. The summed E-state index contributed by atoms with van der Waals surface area (Å²) in [5.41, 5.74) is 14.2. The van der Waals surface area contributed by atoms with Gasteiger partial charge in [-0.3, -0.25) is 63.9 Å². The number of carbonyl (C=O) groups is 6. The molecule has 0 radical (unpaired) electrons. The van der Waals surface area contributed by atoms with Gasteiger partial charge < -0.3 is 15.6 Å². The Morgan fingerprint density at radius 1 is 0.500 bits per heavy atom. The number of hydrogen-bond acceptors (Lipinski definition) is 17. The van der Waals surface area contributed by atoms with E-state index >= 15 is 0 Å². The molecule has 0 bridgehead atoms. The summed E-state index contributed by atoms with van der Waals surface area (Å²) in [5.74, 6) is -2.45. The van der Waals surface area contributed by atoms with Crippen molar-refractivity contribution in [3.05, 3.63) is 103 Å². The number of cyclic esters (lactones) is 2. The lowest BCUT2D eigenvalue weighted by molar-refractivity contribution is -0.152. The average Bonchev–Trinajstić information content (AvgIpc) is 3.80. The standard InChI is InChI=1S/C13H13N3O3.C13H12N2O3.C8H7N3.C4H4O3.S19/c17-10(2-4-13(18)16-19)7-9-1-3-11-12(8-9)15-6-5-14-11;16-10(2-4-13(17)18)7-9-1-3-11-12(8-9)15-6-5-14-11;9-6-1-2-7-8(5-6)11-4-3-10-7;5-3-1-2-4(6)7-3;1-3-5-7-9-11-13-15-17-19-18-16-14-12-10-8-6-4-2/h1,3,5-6,8,19H,2,4,7H2,(H,16,18);1,3,5-6,8H,2,4,7H2,(H,17,18);1-5H,9H2;1-2H2;. The van der Waals surface area contributed by atoms with Crippen LogP contribution < -0.4 is 11.2 Å². The van der Waals surface area contributed by atoms with Crippen molar-refractivity contribution < 1.29 is 43.8 Å². The maximum Gasteiger partial charge on any atom is 0.314 e. The highest BCUT2D eigenvalue weighted by Crippen LogP contribution is 2.14. The van der Waals surface area contributed by atoms with Crippen molar-refractivity contribution in [2.24, 2.45) is 0 Å². The number of ketones is 2. The predicted molar refractivity (Wildman–Crippen MR) is 337 cm³/mol. The fraction of sp³-hybridized carbons (Fsp3) is 0.211. The minimum absolute atomic E-state index is 0.0112. The van der Waals surface area contributed by atoms with E-state index in [1.165, 1.54) is 23.2 Å². The topological polar surface area (TPSA) is 268 Å². The number of Topliss-reactive ketones (excluding diaryl/α,β-unsaturated/α-hetero) is 2. The molecule has 1 aliphatic rings. The molecule has 3 aromatic carbocycles. The number of esters is 2. The summed E-state index contributed by atoms with van der Waals surface area (Å²) in [6.07, 6.45) is 10.8. The van der Waals surface area contributed by atoms with Crippen LogP contribution in [-0.4, -0.2) is 75.6 Å². The Labute approximate surface area is 480 Å². The number of carboxylic acid groups (broad SMARTS) is 1. The van der Waals surface area contributed by atoms with E-state index in [0.29, 0.717) is 0 Å². The molecule has 0 aliphatic carbocycles. The van der Waals surface area contributed by atoms with E-state index in [2.05, 4.69) is 34.6 Å². The Kier molecular flexibility index (Phi) is 36.4. The maximum absolute atomic E-state index is 11.7. The zero-order valence-electron chi connectivity index (χ0n) is 37.1. The summed E-state index contributed by atoms with van der Waals surface area (Å²) < 4.78 is 4.08. The number of nitrogen functional groups attached to an aromatic ring is 1. The van der Waals surface area contributed by atoms with Crippen molar-refractivity contribution in [3.8, 4) is 0 Å². The maximum atomic E-state index is 11.7. The molecule has 17 nitrogen and oxygen atoms in total. The van der Waals surface area contributed by atoms with Crippen molar-refractivity contribution in [1.82, 2.24) is 35.4 Å². The van der Waals surface area contributed by atoms with Crippen LogP contribution in [0.15, 0.2) is 91.8 Å². The molecule has 0 saturated carbocycles. The largest absolute Gasteiger partial charge is 0.481 e. The SMILES string of the molecule is Nc1ccc2nccnc2c1.O=C(CCC(=O)NO)Cc1ccc2nccnc2c1.O=C(O)CCC(=O)Cc1ccc2nccnc2c1.O=C1CCC(=O)O1.S=S=S=S=S=S=S=S=S=S=S=S=S=S=S=S=S=S=S. The van der Waals surface area contributed by atoms with E-state index in [1.54, 1.807) is 176 Å². The molecule has 6 aromatic rings. The van der Waals surface area contributed by atoms with Crippen LogP contribution in [0.3, 0.4) is 0 Å². The van der Waals surface area contributed by atoms with Crippen molar-refractivity contribution in [3.63, 3.8) is 0 Å². The van der Waals surface area contributed by atoms with E-state index in [9.17, 15) is 28.8 Å². The summed E-state index contributed by atoms with van der Waals surface area (Å²) in [6.45, 7) is 0. The zero-order valence-corrected chi connectivity index (χ0v) is 52.6. The number of anilines is 1. The van der Waals surface area contributed by atoms with Gasteiger partial charge >= 0.3 is 17.9 Å². The fourth-order valence-electron chi connectivity index (χ4n) is 5.01. The third-order valence-corrected chi connectivity index (χ3v) is 43.5. The molecular weight excluding hydrogens is 1320 g/mol. The summed E-state index contributed by atoms with van der Waals surface area (Å²) in [4.78, 5) is 89.2. The zero-order chi connectivity index (χ0) is 53.6. The van der Waals surface area contributed by atoms with Gasteiger partial charge in [-0.2, -0.15) is 0 Å². The lowest BCUT2D eigenvalue weighted by Crippen LogP contribution is -2.19. The molecule has 4 heterocycles. The number of nitrogens with one attached hydrogen (secondary N) is 1. The van der Waals surface area contributed by atoms with Crippen molar-refractivity contribution >= 4 is 248 Å². The molecule has 36 heteroatoms. The molecule has 0 unspecified atom stereocenters. The van der Waals surface area contributed by atoms with Crippen LogP contribution in [0.2, 0.25) is 0 Å². The number of ether oxygens (including phenoxy) is 1. The molecule has 1 amide bonds. The first-order valence-corrected chi connectivity index (χ1v) is 43.8. The van der Waals surface area contributed by atoms with Crippen LogP contribution >= 0.6 is 0 Å². The normalized spacial score (nSPS) is 10.5. The van der Waals surface area contributed by atoms with Gasteiger partial charge in [-0.1, -0.05) is 12.1 Å². The van der Waals surface area contributed by atoms with E-state index in [4.69, 9.17) is 38.4 Å². The minimum atomic E-state index is -0.951. The number of hydrogen-bond donors (Lipinski definition) is 4. The quantitative estimate of drug-likeness (QED) is 0.0501. The highest BCUT2D eigenvalue weighted by molar-refractivity contribution is 8.78. The number of aromatic nitrogens is 6. The van der Waals surface area contributed by atoms with Crippen LogP contribution in [0.1, 0.15) is 49.7 Å². The highest BCUT2D eigenvalue weighted by atomic mass is 33.5. The van der Waals surface area contributed by atoms with Gasteiger partial charge in [0.05, 0.1) is 52.4 Å². The summed E-state index contributed by atoms with van der Waals surface area (Å²) >= 11 is 9.50. The third-order valence-electron chi connectivity index (χ3n) is 7.94. The number of aliphatic carboxylic acids is 1. The van der Waals surface area contributed by atoms with Gasteiger partial charge in [0, 0.05) is 248 Å². The van der Waals surface area contributed by atoms with Crippen LogP contribution in [0.5, 0.6) is 0 Å². The number of rotatable bonds is 10. The Morgan fingerprint density at radius 2 is 0.838 bits per heavy atom. The second kappa shape index (κ2) is 41.2. The number of benzene rings is 3. The van der Waals surface area contributed by atoms with Crippen molar-refractivity contribution in [1.29, 1.82) is 0 Å². The molecule has 396 valence electrons. The lowest BCUT2D eigenvalue weighted by atomic mass is 10.0. The van der Waals surface area contributed by atoms with Gasteiger partial charge in [-0.05, 0) is 53.6 Å². The molecule has 0 atom stereocenters. The predicted octanol–water partition coefficient (Wildman–Crippen LogP) is 3.65. The first-order valence-electron chi connectivity index (χ1n) is 19.8. The smallest absolute Gasteiger partial charge is 0.314 e. The summed E-state index contributed by atoms with van der Waals surface area (Å²) in [5, 5.41) is 16.8. The Morgan fingerprint density at radius 3 is 1.18 bits per heavy atom. The molecule has 1 saturated heterocycles. The second-order valence-corrected chi connectivity index (χ2v) is 43.0. The Balaban J connectivity index is 0.000000252. The first-order chi connectivity index (χ1) is 35.9. The number of nitrogens with zero attached hydrogens (tertiary/aromatic N) is 6. The van der Waals surface area contributed by atoms with Crippen molar-refractivity contribution in [2.45, 2.75) is 51.4 Å². The van der Waals surface area contributed by atoms with Crippen LogP contribution in [0, 0.1) is 0 Å². The number of hydroxylamine groups is 1. The van der Waals surface area contributed by atoms with E-state index < -0.39 is 23.8 Å². The highest BCUT2D eigenvalue weighted by Gasteiger charge is 2.19. The number of carbonyl (C=O) groups excluding carboxylic acids is 5. The second-order valence-electron chi connectivity index (χ2n) is 12.9. The average molecular weight is 1360 g/mol. The molecule has 1 fully saturated rings. The third kappa shape index (κ3) is 30.7. The van der Waals surface area contributed by atoms with Gasteiger partial charge in [0.25, 0.3) is 0 Å². The first kappa shape index (κ1) is 65.3. The van der Waals surface area contributed by atoms with Gasteiger partial charge in [0.15, 0.2) is 0 Å². The number of carboxylic acids is 1. The molecule has 7 rings (SSSR count). The minimum Gasteiger partial charge on any atom is -0.481 e. The molecule has 0 spiro atoms. The number of fused-ring (bicyclic) bond motifs is 3. The van der Waals surface area contributed by atoms with Crippen LogP contribution in [0.4, 0.5) is 5.69 Å². The van der Waals surface area contributed by atoms with E-state index in [-0.39, 0.29) is 62.9 Å². The Hall–Kier alpha value is -2.96. The number of nitrogens with two attached hydrogens (primary N) is 1. The molecule has 3 aromatic heterocycles. The Bertz CT molecular complexity index is 3720. The summed E-state index contributed by atoms with van der Waals surface area (Å²) in [6, 6.07) is 16.4.